The summed E-state index contributed by atoms with van der Waals surface area (Å²) in [7, 11) is 1.84. The largest absolute Gasteiger partial charge is 0.310 e. The van der Waals surface area contributed by atoms with Gasteiger partial charge in [0.05, 0.1) is 12.2 Å². The highest BCUT2D eigenvalue weighted by Crippen LogP contribution is 2.31. The third kappa shape index (κ3) is 3.62. The summed E-state index contributed by atoms with van der Waals surface area (Å²) < 4.78 is 1.70. The van der Waals surface area contributed by atoms with Gasteiger partial charge in [0.2, 0.25) is 5.91 Å². The topological polar surface area (TPSA) is 50.2 Å². The van der Waals surface area contributed by atoms with Gasteiger partial charge in [-0.3, -0.25) is 14.4 Å². The first-order valence-electron chi connectivity index (χ1n) is 8.14. The Bertz CT molecular complexity index is 690. The lowest BCUT2D eigenvalue weighted by Crippen LogP contribution is -2.33. The number of benzene rings is 1. The van der Waals surface area contributed by atoms with Gasteiger partial charge in [0, 0.05) is 19.2 Å². The summed E-state index contributed by atoms with van der Waals surface area (Å²) in [5, 5.41) is 7.21. The quantitative estimate of drug-likeness (QED) is 0.944. The molecule has 1 amide bonds. The molecule has 1 aliphatic rings. The summed E-state index contributed by atoms with van der Waals surface area (Å²) in [6, 6.07) is 10.9. The first kappa shape index (κ1) is 15.7. The third-order valence-corrected chi connectivity index (χ3v) is 4.44. The number of carbonyl (C=O) groups excluding carboxylic acids is 1. The number of anilines is 1. The monoisotopic (exact) mass is 312 g/mol. The highest BCUT2D eigenvalue weighted by molar-refractivity contribution is 5.91. The Hall–Kier alpha value is -2.14. The van der Waals surface area contributed by atoms with Crippen LogP contribution in [0.1, 0.15) is 35.7 Å². The zero-order chi connectivity index (χ0) is 16.4. The Labute approximate surface area is 137 Å². The lowest BCUT2D eigenvalue weighted by molar-refractivity contribution is -0.117. The number of rotatable bonds is 4. The normalized spacial score (nSPS) is 18.3. The van der Waals surface area contributed by atoms with Gasteiger partial charge in [-0.05, 0) is 38.8 Å². The van der Waals surface area contributed by atoms with Gasteiger partial charge in [-0.1, -0.05) is 29.8 Å². The van der Waals surface area contributed by atoms with Crippen LogP contribution in [-0.4, -0.2) is 33.7 Å². The fourth-order valence-electron chi connectivity index (χ4n) is 3.28. The van der Waals surface area contributed by atoms with Crippen molar-refractivity contribution in [2.45, 2.75) is 32.7 Å². The van der Waals surface area contributed by atoms with E-state index in [1.54, 1.807) is 4.68 Å². The molecular formula is C18H24N4O. The average Bonchev–Trinajstić information content (AvgIpc) is 3.07. The lowest BCUT2D eigenvalue weighted by atomic mass is 10.0. The number of nitrogens with zero attached hydrogens (tertiary/aromatic N) is 3. The highest BCUT2D eigenvalue weighted by Gasteiger charge is 2.27. The van der Waals surface area contributed by atoms with Crippen molar-refractivity contribution >= 4 is 11.7 Å². The predicted molar refractivity (Wildman–Crippen MR) is 91.3 cm³/mol. The van der Waals surface area contributed by atoms with Gasteiger partial charge in [0.1, 0.15) is 5.82 Å². The first-order chi connectivity index (χ1) is 11.0. The van der Waals surface area contributed by atoms with E-state index in [0.717, 1.165) is 30.9 Å². The Morgan fingerprint density at radius 1 is 1.30 bits per heavy atom. The maximum absolute atomic E-state index is 12.4. The van der Waals surface area contributed by atoms with Crippen molar-refractivity contribution in [3.8, 4) is 0 Å². The Kier molecular flexibility index (Phi) is 4.48. The van der Waals surface area contributed by atoms with Crippen LogP contribution in [0.25, 0.3) is 0 Å². The van der Waals surface area contributed by atoms with E-state index < -0.39 is 0 Å². The van der Waals surface area contributed by atoms with Gasteiger partial charge in [-0.2, -0.15) is 5.10 Å². The molecule has 122 valence electrons. The van der Waals surface area contributed by atoms with Gasteiger partial charge >= 0.3 is 0 Å². The SMILES string of the molecule is Cc1ccc([C@H]2CCCN2CC(=O)Nc2cc(C)nn2C)cc1. The fourth-order valence-corrected chi connectivity index (χ4v) is 3.28. The Balaban J connectivity index is 1.65. The molecule has 0 unspecified atom stereocenters. The second-order valence-corrected chi connectivity index (χ2v) is 6.38. The van der Waals surface area contributed by atoms with E-state index >= 15 is 0 Å². The molecule has 23 heavy (non-hydrogen) atoms. The minimum Gasteiger partial charge on any atom is -0.310 e. The molecule has 1 saturated heterocycles. The number of nitrogens with one attached hydrogen (secondary N) is 1. The molecule has 1 aromatic heterocycles. The Morgan fingerprint density at radius 3 is 2.70 bits per heavy atom. The van der Waals surface area contributed by atoms with E-state index in [1.807, 2.05) is 20.0 Å². The molecule has 0 bridgehead atoms. The zero-order valence-corrected chi connectivity index (χ0v) is 14.0. The molecule has 1 atom stereocenters. The van der Waals surface area contributed by atoms with Crippen molar-refractivity contribution in [3.05, 3.63) is 47.2 Å². The molecule has 5 nitrogen and oxygen atoms in total. The maximum atomic E-state index is 12.4. The molecule has 3 rings (SSSR count). The number of aryl methyl sites for hydroxylation is 3. The molecule has 2 heterocycles. The Morgan fingerprint density at radius 2 is 2.04 bits per heavy atom. The molecule has 1 N–H and O–H groups in total. The predicted octanol–water partition coefficient (Wildman–Crippen LogP) is 2.81. The number of aromatic nitrogens is 2. The average molecular weight is 312 g/mol. The van der Waals surface area contributed by atoms with E-state index in [0.29, 0.717) is 12.6 Å². The van der Waals surface area contributed by atoms with Crippen LogP contribution in [0.5, 0.6) is 0 Å². The smallest absolute Gasteiger partial charge is 0.239 e. The van der Waals surface area contributed by atoms with Crippen LogP contribution in [0, 0.1) is 13.8 Å². The summed E-state index contributed by atoms with van der Waals surface area (Å²) >= 11 is 0. The molecule has 0 saturated carbocycles. The number of hydrogen-bond acceptors (Lipinski definition) is 3. The van der Waals surface area contributed by atoms with Gasteiger partial charge in [0.25, 0.3) is 0 Å². The van der Waals surface area contributed by atoms with Crippen LogP contribution in [0.15, 0.2) is 30.3 Å². The minimum atomic E-state index is 0.0204. The number of likely N-dealkylation sites (tertiary alicyclic amines) is 1. The molecule has 1 aliphatic heterocycles. The molecule has 2 aromatic rings. The molecule has 0 aliphatic carbocycles. The number of hydrogen-bond donors (Lipinski definition) is 1. The van der Waals surface area contributed by atoms with Gasteiger partial charge < -0.3 is 5.32 Å². The van der Waals surface area contributed by atoms with Crippen molar-refractivity contribution in [1.29, 1.82) is 0 Å². The summed E-state index contributed by atoms with van der Waals surface area (Å²) in [6.45, 7) is 5.40. The van der Waals surface area contributed by atoms with E-state index in [-0.39, 0.29) is 5.91 Å². The molecule has 0 spiro atoms. The second kappa shape index (κ2) is 6.54. The van der Waals surface area contributed by atoms with Gasteiger partial charge in [0.15, 0.2) is 0 Å². The summed E-state index contributed by atoms with van der Waals surface area (Å²) in [6.07, 6.45) is 2.25. The minimum absolute atomic E-state index is 0.0204. The second-order valence-electron chi connectivity index (χ2n) is 6.38. The zero-order valence-electron chi connectivity index (χ0n) is 14.0. The van der Waals surface area contributed by atoms with Crippen molar-refractivity contribution in [1.82, 2.24) is 14.7 Å². The van der Waals surface area contributed by atoms with Crippen molar-refractivity contribution < 1.29 is 4.79 Å². The first-order valence-corrected chi connectivity index (χ1v) is 8.14. The van der Waals surface area contributed by atoms with E-state index in [9.17, 15) is 4.79 Å². The standard InChI is InChI=1S/C18H24N4O/c1-13-6-8-15(9-7-13)16-5-4-10-22(16)12-18(23)19-17-11-14(2)20-21(17)3/h6-9,11,16H,4-5,10,12H2,1-3H3,(H,19,23)/t16-/m1/s1. The molecular weight excluding hydrogens is 288 g/mol. The highest BCUT2D eigenvalue weighted by atomic mass is 16.2. The van der Waals surface area contributed by atoms with Crippen LogP contribution >= 0.6 is 0 Å². The van der Waals surface area contributed by atoms with Crippen LogP contribution < -0.4 is 5.32 Å². The molecule has 5 heteroatoms. The third-order valence-electron chi connectivity index (χ3n) is 4.44. The summed E-state index contributed by atoms with van der Waals surface area (Å²) in [5.74, 6) is 0.769. The van der Waals surface area contributed by atoms with Crippen LogP contribution in [0.4, 0.5) is 5.82 Å². The van der Waals surface area contributed by atoms with E-state index in [1.165, 1.54) is 11.1 Å². The van der Waals surface area contributed by atoms with Crippen molar-refractivity contribution in [3.63, 3.8) is 0 Å². The van der Waals surface area contributed by atoms with Crippen LogP contribution in [-0.2, 0) is 11.8 Å². The summed E-state index contributed by atoms with van der Waals surface area (Å²) in [5.41, 5.74) is 3.47. The van der Waals surface area contributed by atoms with E-state index in [4.69, 9.17) is 0 Å². The van der Waals surface area contributed by atoms with Crippen LogP contribution in [0.3, 0.4) is 0 Å². The molecule has 0 radical (unpaired) electrons. The van der Waals surface area contributed by atoms with E-state index in [2.05, 4.69) is 46.5 Å². The maximum Gasteiger partial charge on any atom is 0.239 e. The summed E-state index contributed by atoms with van der Waals surface area (Å²) in [4.78, 5) is 14.6. The lowest BCUT2D eigenvalue weighted by Gasteiger charge is -2.24. The molecule has 1 fully saturated rings. The van der Waals surface area contributed by atoms with Gasteiger partial charge in [-0.25, -0.2) is 0 Å². The van der Waals surface area contributed by atoms with Crippen molar-refractivity contribution in [2.75, 3.05) is 18.4 Å². The fraction of sp³-hybridized carbons (Fsp3) is 0.444. The number of carbonyl (C=O) groups is 1. The number of amides is 1. The van der Waals surface area contributed by atoms with Crippen molar-refractivity contribution in [2.24, 2.45) is 7.05 Å². The van der Waals surface area contributed by atoms with Gasteiger partial charge in [-0.15, -0.1) is 0 Å². The van der Waals surface area contributed by atoms with Crippen LogP contribution in [0.2, 0.25) is 0 Å². The molecule has 1 aromatic carbocycles.